The molecule has 0 N–H and O–H groups in total. The molecule has 0 fully saturated rings. The van der Waals surface area contributed by atoms with Gasteiger partial charge in [0, 0.05) is 11.8 Å². The zero-order chi connectivity index (χ0) is 16.7. The maximum absolute atomic E-state index is 4.90. The van der Waals surface area contributed by atoms with Crippen LogP contribution in [0.2, 0.25) is 0 Å². The minimum Gasteiger partial charge on any atom is -0.237 e. The summed E-state index contributed by atoms with van der Waals surface area (Å²) in [6, 6.07) is 12.3. The molecule has 2 nitrogen and oxygen atoms in total. The fourth-order valence-electron chi connectivity index (χ4n) is 2.49. The van der Waals surface area contributed by atoms with Crippen molar-refractivity contribution < 1.29 is 0 Å². The molecule has 23 heavy (non-hydrogen) atoms. The summed E-state index contributed by atoms with van der Waals surface area (Å²) in [6.07, 6.45) is 7.83. The third kappa shape index (κ3) is 4.26. The van der Waals surface area contributed by atoms with Crippen molar-refractivity contribution in [2.45, 2.75) is 33.6 Å². The molecule has 0 unspecified atom stereocenters. The Morgan fingerprint density at radius 3 is 2.70 bits per heavy atom. The van der Waals surface area contributed by atoms with Crippen LogP contribution in [0.1, 0.15) is 43.4 Å². The molecule has 0 amide bonds. The Morgan fingerprint density at radius 2 is 2.04 bits per heavy atom. The van der Waals surface area contributed by atoms with Gasteiger partial charge in [-0.1, -0.05) is 56.8 Å². The molecule has 0 aliphatic heterocycles. The molecule has 0 spiro atoms. The van der Waals surface area contributed by atoms with Crippen LogP contribution in [-0.4, -0.2) is 10.7 Å². The van der Waals surface area contributed by atoms with Gasteiger partial charge in [0.15, 0.2) is 5.82 Å². The molecule has 1 aromatic carbocycles. The summed E-state index contributed by atoms with van der Waals surface area (Å²) in [4.78, 5) is 9.32. The Labute approximate surface area is 139 Å². The largest absolute Gasteiger partial charge is 0.237 e. The normalized spacial score (nSPS) is 12.3. The van der Waals surface area contributed by atoms with Gasteiger partial charge in [-0.15, -0.1) is 0 Å². The highest BCUT2D eigenvalue weighted by Gasteiger charge is 2.10. The topological polar surface area (TPSA) is 25.2 Å². The maximum Gasteiger partial charge on any atom is 0.155 e. The van der Waals surface area contributed by atoms with Crippen LogP contribution in [0.5, 0.6) is 0 Å². The fraction of sp³-hybridized carbons (Fsp3) is 0.238. The Kier molecular flexibility index (Phi) is 6.04. The van der Waals surface area contributed by atoms with Gasteiger partial charge >= 0.3 is 0 Å². The second-order valence-corrected chi connectivity index (χ2v) is 5.43. The maximum atomic E-state index is 4.90. The van der Waals surface area contributed by atoms with E-state index in [0.29, 0.717) is 0 Å². The van der Waals surface area contributed by atoms with Crippen LogP contribution < -0.4 is 0 Å². The molecule has 0 aliphatic rings. The van der Waals surface area contributed by atoms with Crippen molar-refractivity contribution >= 4 is 17.6 Å². The van der Waals surface area contributed by atoms with Gasteiger partial charge in [-0.3, -0.25) is 0 Å². The molecule has 1 aromatic heterocycles. The van der Waals surface area contributed by atoms with Gasteiger partial charge in [-0.05, 0) is 48.6 Å². The number of benzene rings is 1. The molecule has 2 aromatic rings. The van der Waals surface area contributed by atoms with Crippen molar-refractivity contribution in [2.24, 2.45) is 4.99 Å². The summed E-state index contributed by atoms with van der Waals surface area (Å²) in [6.45, 7) is 10.2. The number of rotatable bonds is 6. The van der Waals surface area contributed by atoms with Crippen LogP contribution in [-0.2, 0) is 0 Å². The fourth-order valence-corrected chi connectivity index (χ4v) is 2.49. The second kappa shape index (κ2) is 8.23. The molecule has 1 heterocycles. The van der Waals surface area contributed by atoms with Gasteiger partial charge < -0.3 is 0 Å². The predicted molar refractivity (Wildman–Crippen MR) is 100 cm³/mol. The van der Waals surface area contributed by atoms with E-state index in [9.17, 15) is 0 Å². The average molecular weight is 304 g/mol. The van der Waals surface area contributed by atoms with Crippen LogP contribution >= 0.6 is 0 Å². The lowest BCUT2D eigenvalue weighted by atomic mass is 9.97. The number of pyridine rings is 1. The Balaban J connectivity index is 2.62. The molecule has 2 heteroatoms. The van der Waals surface area contributed by atoms with Gasteiger partial charge in [0.25, 0.3) is 0 Å². The summed E-state index contributed by atoms with van der Waals surface area (Å²) in [5.74, 6) is 0.780. The Morgan fingerprint density at radius 1 is 1.22 bits per heavy atom. The zero-order valence-corrected chi connectivity index (χ0v) is 14.2. The van der Waals surface area contributed by atoms with Crippen molar-refractivity contribution in [3.05, 3.63) is 77.5 Å². The van der Waals surface area contributed by atoms with Gasteiger partial charge in [0.2, 0.25) is 0 Å². The molecule has 0 aliphatic carbocycles. The minimum atomic E-state index is 0.780. The van der Waals surface area contributed by atoms with Crippen molar-refractivity contribution in [2.75, 3.05) is 0 Å². The number of allylic oxidation sites excluding steroid dienone is 2. The number of hydrogen-bond donors (Lipinski definition) is 0. The van der Waals surface area contributed by atoms with E-state index in [0.717, 1.165) is 41.1 Å². The SMILES string of the molecule is C=Cc1cccc(C(=N\c2ncccc2C)/C(=C/CC)CC)c1. The summed E-state index contributed by atoms with van der Waals surface area (Å²) < 4.78 is 0. The van der Waals surface area contributed by atoms with Crippen molar-refractivity contribution in [3.63, 3.8) is 0 Å². The van der Waals surface area contributed by atoms with Gasteiger partial charge in [-0.25, -0.2) is 9.98 Å². The minimum absolute atomic E-state index is 0.780. The van der Waals surface area contributed by atoms with E-state index in [4.69, 9.17) is 4.99 Å². The van der Waals surface area contributed by atoms with Crippen LogP contribution in [0.4, 0.5) is 5.82 Å². The summed E-state index contributed by atoms with van der Waals surface area (Å²) in [7, 11) is 0. The molecule has 0 radical (unpaired) electrons. The quantitative estimate of drug-likeness (QED) is 0.610. The predicted octanol–water partition coefficient (Wildman–Crippen LogP) is 5.90. The van der Waals surface area contributed by atoms with Gasteiger partial charge in [-0.2, -0.15) is 0 Å². The first-order valence-electron chi connectivity index (χ1n) is 8.12. The van der Waals surface area contributed by atoms with E-state index in [2.05, 4.69) is 49.7 Å². The third-order valence-corrected chi connectivity index (χ3v) is 3.73. The second-order valence-electron chi connectivity index (χ2n) is 5.43. The number of hydrogen-bond acceptors (Lipinski definition) is 2. The Bertz CT molecular complexity index is 739. The lowest BCUT2D eigenvalue weighted by Gasteiger charge is -2.12. The highest BCUT2D eigenvalue weighted by atomic mass is 14.9. The lowest BCUT2D eigenvalue weighted by molar-refractivity contribution is 1.11. The van der Waals surface area contributed by atoms with Crippen molar-refractivity contribution in [1.29, 1.82) is 0 Å². The van der Waals surface area contributed by atoms with Crippen LogP contribution in [0.15, 0.2) is 65.8 Å². The smallest absolute Gasteiger partial charge is 0.155 e. The van der Waals surface area contributed by atoms with Crippen LogP contribution in [0, 0.1) is 6.92 Å². The van der Waals surface area contributed by atoms with Crippen molar-refractivity contribution in [1.82, 2.24) is 4.98 Å². The number of aliphatic imine (C=N–C) groups is 1. The van der Waals surface area contributed by atoms with Crippen LogP contribution in [0.25, 0.3) is 6.08 Å². The number of aryl methyl sites for hydroxylation is 1. The van der Waals surface area contributed by atoms with Crippen molar-refractivity contribution in [3.8, 4) is 0 Å². The van der Waals surface area contributed by atoms with E-state index < -0.39 is 0 Å². The van der Waals surface area contributed by atoms with E-state index >= 15 is 0 Å². The Hall–Kier alpha value is -2.48. The van der Waals surface area contributed by atoms with E-state index in [1.54, 1.807) is 6.20 Å². The highest BCUT2D eigenvalue weighted by molar-refractivity contribution is 6.13. The standard InChI is InChI=1S/C21H24N2/c1-5-10-18(7-3)20(19-13-8-12-17(6-2)15-19)23-21-16(4)11-9-14-22-21/h6,8-15H,2,5,7H2,1,3-4H3/b18-10+,23-20-. The highest BCUT2D eigenvalue weighted by Crippen LogP contribution is 2.21. The van der Waals surface area contributed by atoms with Gasteiger partial charge in [0.05, 0.1) is 5.71 Å². The first-order chi connectivity index (χ1) is 11.2. The molecule has 0 saturated heterocycles. The summed E-state index contributed by atoms with van der Waals surface area (Å²) in [5.41, 5.74) is 5.53. The molecular formula is C21H24N2. The zero-order valence-electron chi connectivity index (χ0n) is 14.2. The van der Waals surface area contributed by atoms with E-state index in [1.807, 2.05) is 31.2 Å². The summed E-state index contributed by atoms with van der Waals surface area (Å²) >= 11 is 0. The molecular weight excluding hydrogens is 280 g/mol. The first kappa shape index (κ1) is 16.9. The molecule has 2 rings (SSSR count). The third-order valence-electron chi connectivity index (χ3n) is 3.73. The van der Waals surface area contributed by atoms with E-state index in [1.165, 1.54) is 5.57 Å². The molecule has 0 atom stereocenters. The number of nitrogens with zero attached hydrogens (tertiary/aromatic N) is 2. The molecule has 0 bridgehead atoms. The lowest BCUT2D eigenvalue weighted by Crippen LogP contribution is -2.05. The average Bonchev–Trinajstić information content (AvgIpc) is 2.59. The van der Waals surface area contributed by atoms with Crippen LogP contribution in [0.3, 0.4) is 0 Å². The number of aromatic nitrogens is 1. The van der Waals surface area contributed by atoms with Gasteiger partial charge in [0.1, 0.15) is 0 Å². The molecule has 118 valence electrons. The first-order valence-corrected chi connectivity index (χ1v) is 8.12. The molecule has 0 saturated carbocycles. The van der Waals surface area contributed by atoms with E-state index in [-0.39, 0.29) is 0 Å². The monoisotopic (exact) mass is 304 g/mol. The summed E-state index contributed by atoms with van der Waals surface area (Å²) in [5, 5.41) is 0.